The van der Waals surface area contributed by atoms with Crippen LogP contribution in [0.3, 0.4) is 0 Å². The highest BCUT2D eigenvalue weighted by molar-refractivity contribution is 5.91. The molecule has 0 aliphatic carbocycles. The molecule has 1 atom stereocenters. The number of nitrogens with one attached hydrogen (secondary N) is 1. The number of hydrogen-bond donors (Lipinski definition) is 1. The molecule has 1 aromatic heterocycles. The van der Waals surface area contributed by atoms with Crippen molar-refractivity contribution < 1.29 is 18.4 Å². The van der Waals surface area contributed by atoms with Crippen LogP contribution in [0, 0.1) is 5.82 Å². The molecule has 1 aliphatic heterocycles. The minimum Gasteiger partial charge on any atom is -0.495 e. The first kappa shape index (κ1) is 18.0. The summed E-state index contributed by atoms with van der Waals surface area (Å²) in [4.78, 5) is 18.9. The second-order valence-electron chi connectivity index (χ2n) is 6.44. The Labute approximate surface area is 161 Å². The van der Waals surface area contributed by atoms with Gasteiger partial charge in [0.2, 0.25) is 11.7 Å². The van der Waals surface area contributed by atoms with Crippen molar-refractivity contribution in [3.8, 4) is 17.1 Å². The van der Waals surface area contributed by atoms with Gasteiger partial charge in [0.1, 0.15) is 17.6 Å². The quantitative estimate of drug-likeness (QED) is 0.729. The zero-order chi connectivity index (χ0) is 19.5. The van der Waals surface area contributed by atoms with Crippen molar-refractivity contribution in [1.82, 2.24) is 15.0 Å². The molecule has 0 radical (unpaired) electrons. The lowest BCUT2D eigenvalue weighted by molar-refractivity contribution is 0.193. The zero-order valence-electron chi connectivity index (χ0n) is 15.3. The molecular weight excluding hydrogens is 363 g/mol. The van der Waals surface area contributed by atoms with E-state index < -0.39 is 0 Å². The highest BCUT2D eigenvalue weighted by atomic mass is 19.1. The fraction of sp³-hybridized carbons (Fsp3) is 0.250. The summed E-state index contributed by atoms with van der Waals surface area (Å²) in [6.45, 7) is 0.583. The van der Waals surface area contributed by atoms with E-state index in [-0.39, 0.29) is 17.9 Å². The smallest absolute Gasteiger partial charge is 0.322 e. The topological polar surface area (TPSA) is 80.5 Å². The normalized spacial score (nSPS) is 16.2. The number of aromatic nitrogens is 2. The number of urea groups is 1. The van der Waals surface area contributed by atoms with Crippen LogP contribution in [0.15, 0.2) is 53.1 Å². The number of para-hydroxylation sites is 2. The molecule has 0 saturated carbocycles. The molecule has 4 rings (SSSR count). The highest BCUT2D eigenvalue weighted by Crippen LogP contribution is 2.33. The molecule has 0 bridgehead atoms. The molecule has 2 aromatic carbocycles. The molecule has 1 fully saturated rings. The summed E-state index contributed by atoms with van der Waals surface area (Å²) in [6.07, 6.45) is 1.56. The van der Waals surface area contributed by atoms with Crippen molar-refractivity contribution in [2.45, 2.75) is 18.9 Å². The monoisotopic (exact) mass is 382 g/mol. The van der Waals surface area contributed by atoms with E-state index in [0.717, 1.165) is 12.8 Å². The van der Waals surface area contributed by atoms with Gasteiger partial charge in [0.25, 0.3) is 0 Å². The van der Waals surface area contributed by atoms with E-state index in [1.54, 1.807) is 36.3 Å². The maximum Gasteiger partial charge on any atom is 0.322 e. The first-order chi connectivity index (χ1) is 13.7. The van der Waals surface area contributed by atoms with Gasteiger partial charge in [0.05, 0.1) is 12.8 Å². The minimum absolute atomic E-state index is 0.256. The lowest BCUT2D eigenvalue weighted by atomic mass is 10.2. The third-order valence-corrected chi connectivity index (χ3v) is 4.69. The third-order valence-electron chi connectivity index (χ3n) is 4.69. The number of hydrogen-bond acceptors (Lipinski definition) is 5. The van der Waals surface area contributed by atoms with Gasteiger partial charge >= 0.3 is 6.03 Å². The van der Waals surface area contributed by atoms with Crippen LogP contribution in [0.5, 0.6) is 5.75 Å². The lowest BCUT2D eigenvalue weighted by Crippen LogP contribution is -2.34. The average molecular weight is 382 g/mol. The van der Waals surface area contributed by atoms with Gasteiger partial charge in [-0.3, -0.25) is 0 Å². The molecule has 1 N–H and O–H groups in total. The Morgan fingerprint density at radius 3 is 2.82 bits per heavy atom. The minimum atomic E-state index is -0.331. The predicted molar refractivity (Wildman–Crippen MR) is 100 cm³/mol. The van der Waals surface area contributed by atoms with E-state index in [2.05, 4.69) is 15.5 Å². The lowest BCUT2D eigenvalue weighted by Gasteiger charge is -2.22. The van der Waals surface area contributed by atoms with Gasteiger partial charge in [0.15, 0.2) is 0 Å². The summed E-state index contributed by atoms with van der Waals surface area (Å²) in [5.41, 5.74) is 1.25. The van der Waals surface area contributed by atoms with Gasteiger partial charge in [-0.2, -0.15) is 4.98 Å². The number of halogens is 1. The Morgan fingerprint density at radius 1 is 1.25 bits per heavy atom. The second kappa shape index (κ2) is 7.67. The van der Waals surface area contributed by atoms with Crippen LogP contribution in [0.2, 0.25) is 0 Å². The van der Waals surface area contributed by atoms with E-state index in [0.29, 0.717) is 35.3 Å². The maximum absolute atomic E-state index is 13.1. The number of benzene rings is 2. The molecule has 8 heteroatoms. The van der Waals surface area contributed by atoms with E-state index >= 15 is 0 Å². The number of carbonyl (C=O) groups is 1. The SMILES string of the molecule is COc1ccccc1NC(=O)N1CCC[C@@H]1c1nc(-c2ccc(F)cc2)no1. The van der Waals surface area contributed by atoms with E-state index in [1.165, 1.54) is 12.1 Å². The van der Waals surface area contributed by atoms with Crippen LogP contribution in [-0.4, -0.2) is 34.7 Å². The number of rotatable bonds is 4. The van der Waals surface area contributed by atoms with Gasteiger partial charge in [-0.15, -0.1) is 0 Å². The first-order valence-corrected chi connectivity index (χ1v) is 8.96. The van der Waals surface area contributed by atoms with Gasteiger partial charge in [0, 0.05) is 12.1 Å². The molecule has 7 nitrogen and oxygen atoms in total. The molecule has 2 heterocycles. The van der Waals surface area contributed by atoms with Crippen LogP contribution in [0.25, 0.3) is 11.4 Å². The average Bonchev–Trinajstić information content (AvgIpc) is 3.38. The Hall–Kier alpha value is -3.42. The highest BCUT2D eigenvalue weighted by Gasteiger charge is 2.34. The number of likely N-dealkylation sites (tertiary alicyclic amines) is 1. The van der Waals surface area contributed by atoms with Crippen LogP contribution >= 0.6 is 0 Å². The second-order valence-corrected chi connectivity index (χ2v) is 6.44. The summed E-state index contributed by atoms with van der Waals surface area (Å²) in [7, 11) is 1.55. The van der Waals surface area contributed by atoms with Crippen LogP contribution in [0.1, 0.15) is 24.8 Å². The van der Waals surface area contributed by atoms with E-state index in [9.17, 15) is 9.18 Å². The van der Waals surface area contributed by atoms with Gasteiger partial charge in [-0.1, -0.05) is 17.3 Å². The predicted octanol–water partition coefficient (Wildman–Crippen LogP) is 4.25. The molecule has 1 aliphatic rings. The van der Waals surface area contributed by atoms with Crippen LogP contribution in [0.4, 0.5) is 14.9 Å². The summed E-state index contributed by atoms with van der Waals surface area (Å²) < 4.78 is 23.8. The van der Waals surface area contributed by atoms with Crippen molar-refractivity contribution in [1.29, 1.82) is 0 Å². The first-order valence-electron chi connectivity index (χ1n) is 8.96. The van der Waals surface area contributed by atoms with E-state index in [4.69, 9.17) is 9.26 Å². The fourth-order valence-electron chi connectivity index (χ4n) is 3.29. The van der Waals surface area contributed by atoms with Crippen molar-refractivity contribution in [2.24, 2.45) is 0 Å². The van der Waals surface area contributed by atoms with Crippen molar-refractivity contribution in [2.75, 3.05) is 19.0 Å². The number of nitrogens with zero attached hydrogens (tertiary/aromatic N) is 3. The van der Waals surface area contributed by atoms with Crippen molar-refractivity contribution >= 4 is 11.7 Å². The number of amides is 2. The largest absolute Gasteiger partial charge is 0.495 e. The molecule has 2 amide bonds. The Morgan fingerprint density at radius 2 is 2.04 bits per heavy atom. The maximum atomic E-state index is 13.1. The number of ether oxygens (including phenoxy) is 1. The summed E-state index contributed by atoms with van der Waals surface area (Å²) in [6, 6.07) is 12.5. The molecule has 1 saturated heterocycles. The standard InChI is InChI=1S/C20H19FN4O3/c1-27-17-7-3-2-5-15(17)22-20(26)25-12-4-6-16(25)19-23-18(24-28-19)13-8-10-14(21)11-9-13/h2-3,5,7-11,16H,4,6,12H2,1H3,(H,22,26)/t16-/m1/s1. The molecule has 3 aromatic rings. The van der Waals surface area contributed by atoms with E-state index in [1.807, 2.05) is 12.1 Å². The molecule has 0 unspecified atom stereocenters. The summed E-state index contributed by atoms with van der Waals surface area (Å²) in [5, 5.41) is 6.86. The summed E-state index contributed by atoms with van der Waals surface area (Å²) >= 11 is 0. The van der Waals surface area contributed by atoms with Gasteiger partial charge in [-0.25, -0.2) is 9.18 Å². The van der Waals surface area contributed by atoms with Crippen molar-refractivity contribution in [3.05, 3.63) is 60.2 Å². The molecule has 0 spiro atoms. The Bertz CT molecular complexity index is 974. The molecular formula is C20H19FN4O3. The number of anilines is 1. The number of carbonyl (C=O) groups excluding carboxylic acids is 1. The molecule has 28 heavy (non-hydrogen) atoms. The zero-order valence-corrected chi connectivity index (χ0v) is 15.3. The fourth-order valence-corrected chi connectivity index (χ4v) is 3.29. The Balaban J connectivity index is 1.52. The third kappa shape index (κ3) is 3.53. The van der Waals surface area contributed by atoms with Crippen LogP contribution in [-0.2, 0) is 0 Å². The van der Waals surface area contributed by atoms with Crippen LogP contribution < -0.4 is 10.1 Å². The Kier molecular flexibility index (Phi) is 4.92. The van der Waals surface area contributed by atoms with Gasteiger partial charge < -0.3 is 19.5 Å². The summed E-state index contributed by atoms with van der Waals surface area (Å²) in [5.74, 6) is 0.990. The van der Waals surface area contributed by atoms with Gasteiger partial charge in [-0.05, 0) is 49.2 Å². The molecule has 144 valence electrons. The number of methoxy groups -OCH3 is 1. The van der Waals surface area contributed by atoms with Crippen molar-refractivity contribution in [3.63, 3.8) is 0 Å².